The van der Waals surface area contributed by atoms with Gasteiger partial charge in [-0.1, -0.05) is 17.7 Å². The van der Waals surface area contributed by atoms with Crippen molar-refractivity contribution < 1.29 is 23.8 Å². The van der Waals surface area contributed by atoms with Crippen LogP contribution >= 0.6 is 11.6 Å². The lowest BCUT2D eigenvalue weighted by Gasteiger charge is -2.28. The molecule has 1 aliphatic rings. The molecule has 0 aliphatic carbocycles. The van der Waals surface area contributed by atoms with Crippen LogP contribution in [0.1, 0.15) is 22.8 Å². The van der Waals surface area contributed by atoms with Crippen LogP contribution < -0.4 is 14.4 Å². The van der Waals surface area contributed by atoms with Gasteiger partial charge in [0.05, 0.1) is 24.8 Å². The van der Waals surface area contributed by atoms with Crippen molar-refractivity contribution in [3.8, 4) is 11.5 Å². The van der Waals surface area contributed by atoms with Gasteiger partial charge in [-0.15, -0.1) is 0 Å². The molecule has 1 aliphatic heterocycles. The first kappa shape index (κ1) is 24.6. The summed E-state index contributed by atoms with van der Waals surface area (Å²) < 4.78 is 16.6. The summed E-state index contributed by atoms with van der Waals surface area (Å²) in [4.78, 5) is 28.2. The van der Waals surface area contributed by atoms with Crippen molar-refractivity contribution in [3.05, 3.63) is 58.6 Å². The summed E-state index contributed by atoms with van der Waals surface area (Å²) in [6.07, 6.45) is 3.18. The van der Waals surface area contributed by atoms with Gasteiger partial charge in [0.1, 0.15) is 0 Å². The van der Waals surface area contributed by atoms with Crippen molar-refractivity contribution in [2.24, 2.45) is 0 Å². The SMILES string of the molecule is CCOc1cc(C=CC(=O)c2ccc(N3CCOCC3)cc2)cc(Cl)c1OCC(=O)N(C)C. The summed E-state index contributed by atoms with van der Waals surface area (Å²) in [5.74, 6) is 0.409. The molecule has 1 saturated heterocycles. The van der Waals surface area contributed by atoms with E-state index in [1.807, 2.05) is 31.2 Å². The van der Waals surface area contributed by atoms with Crippen LogP contribution in [0.25, 0.3) is 6.08 Å². The Kier molecular flexibility index (Phi) is 8.74. The van der Waals surface area contributed by atoms with Gasteiger partial charge >= 0.3 is 0 Å². The number of carbonyl (C=O) groups is 2. The second-order valence-corrected chi connectivity index (χ2v) is 8.09. The fraction of sp³-hybridized carbons (Fsp3) is 0.360. The zero-order valence-corrected chi connectivity index (χ0v) is 19.9. The van der Waals surface area contributed by atoms with Crippen molar-refractivity contribution in [1.29, 1.82) is 0 Å². The Morgan fingerprint density at radius 3 is 2.45 bits per heavy atom. The van der Waals surface area contributed by atoms with E-state index >= 15 is 0 Å². The van der Waals surface area contributed by atoms with Gasteiger partial charge in [-0.3, -0.25) is 9.59 Å². The Morgan fingerprint density at radius 1 is 1.12 bits per heavy atom. The molecule has 0 saturated carbocycles. The summed E-state index contributed by atoms with van der Waals surface area (Å²) in [5, 5.41) is 0.300. The first-order valence-corrected chi connectivity index (χ1v) is 11.2. The number of hydrogen-bond donors (Lipinski definition) is 0. The van der Waals surface area contributed by atoms with Crippen LogP contribution in [0, 0.1) is 0 Å². The summed E-state index contributed by atoms with van der Waals surface area (Å²) in [7, 11) is 3.30. The summed E-state index contributed by atoms with van der Waals surface area (Å²) >= 11 is 6.39. The highest BCUT2D eigenvalue weighted by Crippen LogP contribution is 2.37. The molecule has 0 unspecified atom stereocenters. The number of rotatable bonds is 9. The van der Waals surface area contributed by atoms with E-state index in [1.165, 1.54) is 11.0 Å². The molecule has 0 aromatic heterocycles. The van der Waals surface area contributed by atoms with Crippen molar-refractivity contribution in [2.45, 2.75) is 6.92 Å². The fourth-order valence-corrected chi connectivity index (χ4v) is 3.55. The predicted molar refractivity (Wildman–Crippen MR) is 130 cm³/mol. The highest BCUT2D eigenvalue weighted by Gasteiger charge is 2.15. The van der Waals surface area contributed by atoms with E-state index in [1.54, 1.807) is 32.3 Å². The van der Waals surface area contributed by atoms with E-state index in [2.05, 4.69) is 4.90 Å². The zero-order chi connectivity index (χ0) is 23.8. The van der Waals surface area contributed by atoms with Crippen molar-refractivity contribution in [2.75, 3.05) is 58.5 Å². The Hall–Kier alpha value is -3.03. The van der Waals surface area contributed by atoms with Crippen LogP contribution in [0.2, 0.25) is 5.02 Å². The maximum atomic E-state index is 12.7. The molecule has 0 bridgehead atoms. The lowest BCUT2D eigenvalue weighted by Crippen LogP contribution is -2.36. The average molecular weight is 473 g/mol. The largest absolute Gasteiger partial charge is 0.490 e. The third kappa shape index (κ3) is 6.73. The van der Waals surface area contributed by atoms with Crippen LogP contribution in [-0.4, -0.2) is 70.2 Å². The molecule has 1 amide bonds. The van der Waals surface area contributed by atoms with Crippen LogP contribution in [-0.2, 0) is 9.53 Å². The molecule has 3 rings (SSSR count). The molecule has 0 radical (unpaired) electrons. The van der Waals surface area contributed by atoms with E-state index in [4.69, 9.17) is 25.8 Å². The van der Waals surface area contributed by atoms with Crippen LogP contribution in [0.3, 0.4) is 0 Å². The molecular weight excluding hydrogens is 444 g/mol. The van der Waals surface area contributed by atoms with Crippen molar-refractivity contribution in [1.82, 2.24) is 4.90 Å². The highest BCUT2D eigenvalue weighted by atomic mass is 35.5. The van der Waals surface area contributed by atoms with Crippen molar-refractivity contribution in [3.63, 3.8) is 0 Å². The van der Waals surface area contributed by atoms with Crippen LogP contribution in [0.5, 0.6) is 11.5 Å². The quantitative estimate of drug-likeness (QED) is 0.407. The van der Waals surface area contributed by atoms with Gasteiger partial charge in [0.15, 0.2) is 23.9 Å². The number of ether oxygens (including phenoxy) is 3. The van der Waals surface area contributed by atoms with Crippen LogP contribution in [0.4, 0.5) is 5.69 Å². The molecule has 1 fully saturated rings. The molecule has 2 aromatic carbocycles. The molecule has 7 nitrogen and oxygen atoms in total. The number of carbonyl (C=O) groups excluding carboxylic acids is 2. The maximum Gasteiger partial charge on any atom is 0.259 e. The summed E-state index contributed by atoms with van der Waals surface area (Å²) in [6, 6.07) is 11.0. The van der Waals surface area contributed by atoms with Gasteiger partial charge < -0.3 is 24.0 Å². The number of morpholine rings is 1. The zero-order valence-electron chi connectivity index (χ0n) is 19.2. The maximum absolute atomic E-state index is 12.7. The Bertz CT molecular complexity index is 999. The lowest BCUT2D eigenvalue weighted by molar-refractivity contribution is -0.130. The summed E-state index contributed by atoms with van der Waals surface area (Å²) in [6.45, 7) is 5.21. The fourth-order valence-electron chi connectivity index (χ4n) is 3.28. The number of ketones is 1. The number of benzene rings is 2. The Labute approximate surface area is 199 Å². The minimum atomic E-state index is -0.192. The average Bonchev–Trinajstić information content (AvgIpc) is 2.82. The number of nitrogens with zero attached hydrogens (tertiary/aromatic N) is 2. The van der Waals surface area contributed by atoms with Crippen molar-refractivity contribution >= 4 is 35.1 Å². The Morgan fingerprint density at radius 2 is 1.82 bits per heavy atom. The lowest BCUT2D eigenvalue weighted by atomic mass is 10.1. The van der Waals surface area contributed by atoms with E-state index < -0.39 is 0 Å². The van der Waals surface area contributed by atoms with Crippen LogP contribution in [0.15, 0.2) is 42.5 Å². The van der Waals surface area contributed by atoms with Gasteiger partial charge in [0, 0.05) is 38.4 Å². The molecule has 8 heteroatoms. The normalized spacial score (nSPS) is 13.8. The minimum Gasteiger partial charge on any atom is -0.490 e. The molecular formula is C25H29ClN2O5. The van der Waals surface area contributed by atoms with E-state index in [0.29, 0.717) is 47.5 Å². The number of likely N-dealkylation sites (N-methyl/N-ethyl adjacent to an activating group) is 1. The number of halogens is 1. The standard InChI is InChI=1S/C25H29ClN2O5/c1-4-32-23-16-18(15-21(26)25(23)33-17-24(30)27(2)3)5-10-22(29)19-6-8-20(9-7-19)28-11-13-31-14-12-28/h5-10,15-16H,4,11-14,17H2,1-3H3. The smallest absolute Gasteiger partial charge is 0.259 e. The first-order chi connectivity index (χ1) is 15.9. The number of amides is 1. The third-order valence-electron chi connectivity index (χ3n) is 5.13. The number of anilines is 1. The number of hydrogen-bond acceptors (Lipinski definition) is 6. The minimum absolute atomic E-state index is 0.116. The van der Waals surface area contributed by atoms with Gasteiger partial charge in [-0.2, -0.15) is 0 Å². The number of allylic oxidation sites excluding steroid dienone is 1. The van der Waals surface area contributed by atoms with E-state index in [0.717, 1.165) is 18.8 Å². The van der Waals surface area contributed by atoms with Gasteiger partial charge in [-0.05, 0) is 55.0 Å². The molecule has 33 heavy (non-hydrogen) atoms. The summed E-state index contributed by atoms with van der Waals surface area (Å²) in [5.41, 5.74) is 2.37. The molecule has 1 heterocycles. The second-order valence-electron chi connectivity index (χ2n) is 7.68. The second kappa shape index (κ2) is 11.7. The monoisotopic (exact) mass is 472 g/mol. The molecule has 0 atom stereocenters. The van der Waals surface area contributed by atoms with Gasteiger partial charge in [0.25, 0.3) is 5.91 Å². The molecule has 0 N–H and O–H groups in total. The third-order valence-corrected chi connectivity index (χ3v) is 5.41. The Balaban J connectivity index is 1.71. The molecule has 176 valence electrons. The molecule has 2 aromatic rings. The van der Waals surface area contributed by atoms with Gasteiger partial charge in [0.2, 0.25) is 0 Å². The molecule has 0 spiro atoms. The predicted octanol–water partition coefficient (Wildman–Crippen LogP) is 3.94. The van der Waals surface area contributed by atoms with Gasteiger partial charge in [-0.25, -0.2) is 0 Å². The highest BCUT2D eigenvalue weighted by molar-refractivity contribution is 6.32. The topological polar surface area (TPSA) is 68.3 Å². The van der Waals surface area contributed by atoms with E-state index in [9.17, 15) is 9.59 Å². The first-order valence-electron chi connectivity index (χ1n) is 10.8. The van der Waals surface area contributed by atoms with E-state index in [-0.39, 0.29) is 18.3 Å².